The van der Waals surface area contributed by atoms with Crippen molar-refractivity contribution in [2.45, 2.75) is 12.8 Å². The third kappa shape index (κ3) is 4.20. The number of carbonyl (C=O) groups is 1. The molecule has 0 aliphatic carbocycles. The van der Waals surface area contributed by atoms with Crippen molar-refractivity contribution in [2.75, 3.05) is 13.1 Å². The number of benzene rings is 1. The van der Waals surface area contributed by atoms with Gasteiger partial charge in [0.15, 0.2) is 5.82 Å². The molecule has 0 saturated carbocycles. The maximum absolute atomic E-state index is 12.9. The second-order valence-corrected chi connectivity index (χ2v) is 6.54. The van der Waals surface area contributed by atoms with Crippen molar-refractivity contribution >= 4 is 17.2 Å². The summed E-state index contributed by atoms with van der Waals surface area (Å²) in [5, 5.41) is 24.0. The number of thiophene rings is 1. The highest BCUT2D eigenvalue weighted by molar-refractivity contribution is 7.13. The van der Waals surface area contributed by atoms with Crippen molar-refractivity contribution < 1.29 is 4.79 Å². The molecule has 0 fully saturated rings. The van der Waals surface area contributed by atoms with Crippen LogP contribution in [0, 0.1) is 22.7 Å². The second-order valence-electron chi connectivity index (χ2n) is 5.59. The monoisotopic (exact) mass is 376 g/mol. The van der Waals surface area contributed by atoms with Gasteiger partial charge >= 0.3 is 0 Å². The Hall–Kier alpha value is -3.49. The molecule has 0 radical (unpaired) electrons. The van der Waals surface area contributed by atoms with E-state index in [2.05, 4.69) is 10.1 Å². The zero-order valence-electron chi connectivity index (χ0n) is 14.4. The fourth-order valence-corrected chi connectivity index (χ4v) is 3.24. The molecular weight excluding hydrogens is 360 g/mol. The fourth-order valence-electron chi connectivity index (χ4n) is 2.54. The van der Waals surface area contributed by atoms with E-state index < -0.39 is 0 Å². The van der Waals surface area contributed by atoms with Gasteiger partial charge in [0.1, 0.15) is 0 Å². The minimum Gasteiger partial charge on any atom is -0.334 e. The van der Waals surface area contributed by atoms with Crippen molar-refractivity contribution in [1.82, 2.24) is 19.7 Å². The van der Waals surface area contributed by atoms with E-state index in [0.717, 1.165) is 10.6 Å². The van der Waals surface area contributed by atoms with Crippen LogP contribution in [0.2, 0.25) is 0 Å². The molecule has 0 atom stereocenters. The maximum Gasteiger partial charge on any atom is 0.293 e. The summed E-state index contributed by atoms with van der Waals surface area (Å²) in [6.45, 7) is 0.483. The molecule has 27 heavy (non-hydrogen) atoms. The van der Waals surface area contributed by atoms with Crippen LogP contribution >= 0.6 is 11.3 Å². The van der Waals surface area contributed by atoms with E-state index in [-0.39, 0.29) is 37.7 Å². The fraction of sp³-hybridized carbons (Fsp3) is 0.211. The van der Waals surface area contributed by atoms with E-state index in [1.165, 1.54) is 16.2 Å². The van der Waals surface area contributed by atoms with Gasteiger partial charge in [-0.15, -0.1) is 16.4 Å². The second kappa shape index (κ2) is 8.75. The first-order valence-electron chi connectivity index (χ1n) is 8.34. The molecule has 0 aliphatic rings. The number of nitriles is 2. The Balaban J connectivity index is 1.99. The average molecular weight is 376 g/mol. The molecule has 1 aromatic carbocycles. The van der Waals surface area contributed by atoms with Gasteiger partial charge in [0.05, 0.1) is 35.5 Å². The summed E-state index contributed by atoms with van der Waals surface area (Å²) in [5.41, 5.74) is 0.799. The van der Waals surface area contributed by atoms with Gasteiger partial charge in [0.25, 0.3) is 5.91 Å². The summed E-state index contributed by atoms with van der Waals surface area (Å²) in [5.74, 6) is 0.256. The molecule has 0 unspecified atom stereocenters. The van der Waals surface area contributed by atoms with E-state index in [4.69, 9.17) is 10.5 Å². The SMILES string of the molecule is N#CCCN(CCC#N)C(=O)c1nc(-c2cccs2)n(-c2ccccc2)n1. The van der Waals surface area contributed by atoms with Crippen LogP contribution in [0.15, 0.2) is 47.8 Å². The average Bonchev–Trinajstić information content (AvgIpc) is 3.38. The smallest absolute Gasteiger partial charge is 0.293 e. The predicted molar refractivity (Wildman–Crippen MR) is 101 cm³/mol. The summed E-state index contributed by atoms with van der Waals surface area (Å²) in [4.78, 5) is 19.7. The van der Waals surface area contributed by atoms with E-state index >= 15 is 0 Å². The number of rotatable bonds is 7. The summed E-state index contributed by atoms with van der Waals surface area (Å²) in [7, 11) is 0. The largest absolute Gasteiger partial charge is 0.334 e. The molecule has 0 saturated heterocycles. The quantitative estimate of drug-likeness (QED) is 0.630. The van der Waals surface area contributed by atoms with Crippen LogP contribution in [0.1, 0.15) is 23.5 Å². The first-order chi connectivity index (χ1) is 13.2. The Labute approximate surface area is 160 Å². The van der Waals surface area contributed by atoms with Crippen LogP contribution in [0.25, 0.3) is 16.4 Å². The van der Waals surface area contributed by atoms with Crippen LogP contribution in [0.4, 0.5) is 0 Å². The molecule has 3 rings (SSSR count). The highest BCUT2D eigenvalue weighted by Crippen LogP contribution is 2.25. The van der Waals surface area contributed by atoms with Crippen molar-refractivity contribution in [1.29, 1.82) is 10.5 Å². The highest BCUT2D eigenvalue weighted by atomic mass is 32.1. The van der Waals surface area contributed by atoms with E-state index in [0.29, 0.717) is 5.82 Å². The molecule has 0 N–H and O–H groups in total. The van der Waals surface area contributed by atoms with Gasteiger partial charge in [0.2, 0.25) is 5.82 Å². The topological polar surface area (TPSA) is 98.6 Å². The lowest BCUT2D eigenvalue weighted by atomic mass is 10.3. The lowest BCUT2D eigenvalue weighted by Gasteiger charge is -2.18. The van der Waals surface area contributed by atoms with Crippen LogP contribution < -0.4 is 0 Å². The normalized spacial score (nSPS) is 10.1. The minimum absolute atomic E-state index is 0.0538. The van der Waals surface area contributed by atoms with Crippen molar-refractivity contribution in [2.24, 2.45) is 0 Å². The van der Waals surface area contributed by atoms with Gasteiger partial charge < -0.3 is 4.90 Å². The molecule has 3 aromatic rings. The first-order valence-corrected chi connectivity index (χ1v) is 9.22. The molecule has 1 amide bonds. The summed E-state index contributed by atoms with van der Waals surface area (Å²) in [6, 6.07) is 17.4. The van der Waals surface area contributed by atoms with Gasteiger partial charge in [-0.05, 0) is 23.6 Å². The zero-order chi connectivity index (χ0) is 19.1. The molecule has 8 heteroatoms. The van der Waals surface area contributed by atoms with Crippen LogP contribution in [-0.2, 0) is 0 Å². The third-order valence-electron chi connectivity index (χ3n) is 3.82. The van der Waals surface area contributed by atoms with Crippen LogP contribution in [0.5, 0.6) is 0 Å². The number of nitrogens with zero attached hydrogens (tertiary/aromatic N) is 6. The summed E-state index contributed by atoms with van der Waals surface area (Å²) < 4.78 is 1.64. The van der Waals surface area contributed by atoms with Gasteiger partial charge in [-0.3, -0.25) is 4.79 Å². The summed E-state index contributed by atoms with van der Waals surface area (Å²) in [6.07, 6.45) is 0.378. The van der Waals surface area contributed by atoms with Crippen molar-refractivity contribution in [3.8, 4) is 28.5 Å². The predicted octanol–water partition coefficient (Wildman–Crippen LogP) is 3.27. The number of hydrogen-bond acceptors (Lipinski definition) is 6. The number of carbonyl (C=O) groups excluding carboxylic acids is 1. The molecule has 2 aromatic heterocycles. The Morgan fingerprint density at radius 2 is 1.78 bits per heavy atom. The lowest BCUT2D eigenvalue weighted by Crippen LogP contribution is -2.33. The van der Waals surface area contributed by atoms with Gasteiger partial charge in [-0.1, -0.05) is 24.3 Å². The molecule has 7 nitrogen and oxygen atoms in total. The Morgan fingerprint density at radius 1 is 1.07 bits per heavy atom. The Morgan fingerprint density at radius 3 is 2.37 bits per heavy atom. The van der Waals surface area contributed by atoms with Crippen molar-refractivity contribution in [3.05, 3.63) is 53.7 Å². The molecule has 0 bridgehead atoms. The maximum atomic E-state index is 12.9. The Kier molecular flexibility index (Phi) is 5.93. The summed E-state index contributed by atoms with van der Waals surface area (Å²) >= 11 is 1.51. The Bertz CT molecular complexity index is 964. The number of hydrogen-bond donors (Lipinski definition) is 0. The molecule has 0 aliphatic heterocycles. The van der Waals surface area contributed by atoms with Gasteiger partial charge in [-0.2, -0.15) is 10.5 Å². The molecule has 134 valence electrons. The number of aromatic nitrogens is 3. The van der Waals surface area contributed by atoms with E-state index in [1.54, 1.807) is 4.68 Å². The van der Waals surface area contributed by atoms with E-state index in [9.17, 15) is 4.79 Å². The van der Waals surface area contributed by atoms with Crippen LogP contribution in [-0.4, -0.2) is 38.7 Å². The standard InChI is InChI=1S/C19H16N6OS/c20-10-5-12-24(13-6-11-21)19(26)17-22-18(16-9-4-14-27-16)25(23-17)15-7-2-1-3-8-15/h1-4,7-9,14H,5-6,12-13H2. The number of amides is 1. The lowest BCUT2D eigenvalue weighted by molar-refractivity contribution is 0.0750. The molecule has 0 spiro atoms. The highest BCUT2D eigenvalue weighted by Gasteiger charge is 2.23. The van der Waals surface area contributed by atoms with Crippen LogP contribution in [0.3, 0.4) is 0 Å². The molecule has 2 heterocycles. The third-order valence-corrected chi connectivity index (χ3v) is 4.68. The first kappa shape index (κ1) is 18.3. The van der Waals surface area contributed by atoms with Gasteiger partial charge in [0, 0.05) is 13.1 Å². The van der Waals surface area contributed by atoms with E-state index in [1.807, 2.05) is 60.0 Å². The zero-order valence-corrected chi connectivity index (χ0v) is 15.3. The van der Waals surface area contributed by atoms with Crippen molar-refractivity contribution in [3.63, 3.8) is 0 Å². The minimum atomic E-state index is -0.381. The molecular formula is C19H16N6OS. The van der Waals surface area contributed by atoms with Gasteiger partial charge in [-0.25, -0.2) is 9.67 Å². The number of para-hydroxylation sites is 1.